The molecular formula is C14H15BrS. The Morgan fingerprint density at radius 1 is 1.06 bits per heavy atom. The van der Waals surface area contributed by atoms with Crippen LogP contribution in [0.5, 0.6) is 0 Å². The van der Waals surface area contributed by atoms with Gasteiger partial charge >= 0.3 is 0 Å². The van der Waals surface area contributed by atoms with Crippen molar-refractivity contribution in [3.8, 4) is 0 Å². The normalized spacial score (nSPS) is 12.8. The van der Waals surface area contributed by atoms with Crippen LogP contribution in [0.15, 0.2) is 30.3 Å². The van der Waals surface area contributed by atoms with Crippen molar-refractivity contribution >= 4 is 27.3 Å². The predicted octanol–water partition coefficient (Wildman–Crippen LogP) is 5.16. The van der Waals surface area contributed by atoms with Gasteiger partial charge in [0.1, 0.15) is 0 Å². The SMILES string of the molecule is Cc1ccc(C(Br)c2cccc(C)c2C)s1. The molecular weight excluding hydrogens is 280 g/mol. The van der Waals surface area contributed by atoms with E-state index < -0.39 is 0 Å². The number of halogens is 1. The van der Waals surface area contributed by atoms with Gasteiger partial charge in [0.15, 0.2) is 0 Å². The van der Waals surface area contributed by atoms with E-state index in [9.17, 15) is 0 Å². The summed E-state index contributed by atoms with van der Waals surface area (Å²) in [5.41, 5.74) is 4.12. The molecule has 0 spiro atoms. The molecule has 2 heteroatoms. The van der Waals surface area contributed by atoms with Crippen molar-refractivity contribution in [2.45, 2.75) is 25.6 Å². The summed E-state index contributed by atoms with van der Waals surface area (Å²) >= 11 is 5.66. The maximum absolute atomic E-state index is 3.80. The molecule has 84 valence electrons. The number of aryl methyl sites for hydroxylation is 2. The molecule has 2 aromatic rings. The fraction of sp³-hybridized carbons (Fsp3) is 0.286. The zero-order valence-corrected chi connectivity index (χ0v) is 12.2. The molecule has 1 aromatic heterocycles. The third-order valence-corrected chi connectivity index (χ3v) is 5.29. The zero-order valence-electron chi connectivity index (χ0n) is 9.75. The van der Waals surface area contributed by atoms with E-state index in [1.807, 2.05) is 11.3 Å². The Morgan fingerprint density at radius 2 is 1.81 bits per heavy atom. The summed E-state index contributed by atoms with van der Waals surface area (Å²) in [5.74, 6) is 0. The van der Waals surface area contributed by atoms with Gasteiger partial charge in [0.05, 0.1) is 4.83 Å². The standard InChI is InChI=1S/C14H15BrS/c1-9-5-4-6-12(11(9)3)14(15)13-8-7-10(2)16-13/h4-8,14H,1-3H3. The average Bonchev–Trinajstić information content (AvgIpc) is 2.68. The number of rotatable bonds is 2. The Balaban J connectivity index is 2.41. The van der Waals surface area contributed by atoms with Crippen LogP contribution in [0.1, 0.15) is 31.3 Å². The van der Waals surface area contributed by atoms with Gasteiger partial charge in [-0.3, -0.25) is 0 Å². The van der Waals surface area contributed by atoms with Crippen LogP contribution in [-0.4, -0.2) is 0 Å². The molecule has 0 aliphatic heterocycles. The molecule has 0 N–H and O–H groups in total. The molecule has 1 aromatic carbocycles. The van der Waals surface area contributed by atoms with E-state index in [2.05, 4.69) is 67.0 Å². The smallest absolute Gasteiger partial charge is 0.0740 e. The Hall–Kier alpha value is -0.600. The summed E-state index contributed by atoms with van der Waals surface area (Å²) in [4.78, 5) is 3.07. The maximum atomic E-state index is 3.80. The van der Waals surface area contributed by atoms with E-state index in [0.29, 0.717) is 4.83 Å². The summed E-state index contributed by atoms with van der Waals surface area (Å²) in [5, 5.41) is 0. The van der Waals surface area contributed by atoms with Crippen molar-refractivity contribution < 1.29 is 0 Å². The van der Waals surface area contributed by atoms with Crippen LogP contribution < -0.4 is 0 Å². The van der Waals surface area contributed by atoms with E-state index in [0.717, 1.165) is 0 Å². The van der Waals surface area contributed by atoms with Gasteiger partial charge in [0, 0.05) is 9.75 Å². The predicted molar refractivity (Wildman–Crippen MR) is 75.7 cm³/mol. The summed E-state index contributed by atoms with van der Waals surface area (Å²) in [6.45, 7) is 6.51. The monoisotopic (exact) mass is 294 g/mol. The molecule has 0 aliphatic carbocycles. The van der Waals surface area contributed by atoms with Crippen LogP contribution >= 0.6 is 27.3 Å². The molecule has 0 radical (unpaired) electrons. The Bertz CT molecular complexity index is 499. The second-order valence-corrected chi connectivity index (χ2v) is 6.34. The van der Waals surface area contributed by atoms with Crippen molar-refractivity contribution in [2.75, 3.05) is 0 Å². The van der Waals surface area contributed by atoms with Crippen LogP contribution in [0.2, 0.25) is 0 Å². The van der Waals surface area contributed by atoms with Crippen molar-refractivity contribution in [3.63, 3.8) is 0 Å². The molecule has 1 atom stereocenters. The summed E-state index contributed by atoms with van der Waals surface area (Å²) < 4.78 is 0. The number of benzene rings is 1. The maximum Gasteiger partial charge on any atom is 0.0740 e. The van der Waals surface area contributed by atoms with E-state index in [4.69, 9.17) is 0 Å². The molecule has 0 bridgehead atoms. The average molecular weight is 295 g/mol. The Labute approximate surface area is 109 Å². The molecule has 1 heterocycles. The third kappa shape index (κ3) is 2.23. The Kier molecular flexibility index (Phi) is 3.50. The highest BCUT2D eigenvalue weighted by Crippen LogP contribution is 2.37. The minimum atomic E-state index is 0.325. The second-order valence-electron chi connectivity index (χ2n) is 4.10. The van der Waals surface area contributed by atoms with Gasteiger partial charge in [0.25, 0.3) is 0 Å². The highest BCUT2D eigenvalue weighted by molar-refractivity contribution is 9.09. The summed E-state index contributed by atoms with van der Waals surface area (Å²) in [7, 11) is 0. The van der Waals surface area contributed by atoms with Crippen LogP contribution in [0, 0.1) is 20.8 Å². The van der Waals surface area contributed by atoms with Gasteiger partial charge in [-0.25, -0.2) is 0 Å². The molecule has 0 saturated heterocycles. The topological polar surface area (TPSA) is 0 Å². The Morgan fingerprint density at radius 3 is 2.44 bits per heavy atom. The molecule has 0 nitrogen and oxygen atoms in total. The molecule has 0 aliphatic rings. The van der Waals surface area contributed by atoms with Crippen molar-refractivity contribution in [2.24, 2.45) is 0 Å². The largest absolute Gasteiger partial charge is 0.144 e. The van der Waals surface area contributed by atoms with E-state index in [-0.39, 0.29) is 0 Å². The third-order valence-electron chi connectivity index (χ3n) is 2.93. The van der Waals surface area contributed by atoms with Gasteiger partial charge in [-0.15, -0.1) is 11.3 Å². The first kappa shape index (κ1) is 11.9. The molecule has 0 saturated carbocycles. The first-order valence-electron chi connectivity index (χ1n) is 5.36. The van der Waals surface area contributed by atoms with Gasteiger partial charge in [0.2, 0.25) is 0 Å². The zero-order chi connectivity index (χ0) is 11.7. The highest BCUT2D eigenvalue weighted by atomic mass is 79.9. The number of alkyl halides is 1. The van der Waals surface area contributed by atoms with Crippen molar-refractivity contribution in [1.82, 2.24) is 0 Å². The van der Waals surface area contributed by atoms with Gasteiger partial charge < -0.3 is 0 Å². The minimum absolute atomic E-state index is 0.325. The number of thiophene rings is 1. The minimum Gasteiger partial charge on any atom is -0.144 e. The summed E-state index contributed by atoms with van der Waals surface area (Å²) in [6, 6.07) is 10.9. The van der Waals surface area contributed by atoms with Gasteiger partial charge in [-0.2, -0.15) is 0 Å². The second kappa shape index (κ2) is 4.72. The van der Waals surface area contributed by atoms with E-state index >= 15 is 0 Å². The molecule has 0 fully saturated rings. The van der Waals surface area contributed by atoms with Crippen molar-refractivity contribution in [1.29, 1.82) is 0 Å². The number of hydrogen-bond acceptors (Lipinski definition) is 1. The number of hydrogen-bond donors (Lipinski definition) is 0. The van der Waals surface area contributed by atoms with Crippen molar-refractivity contribution in [3.05, 3.63) is 56.8 Å². The lowest BCUT2D eigenvalue weighted by Crippen LogP contribution is -1.95. The van der Waals surface area contributed by atoms with E-state index in [1.165, 1.54) is 26.4 Å². The lowest BCUT2D eigenvalue weighted by Gasteiger charge is -2.13. The lowest BCUT2D eigenvalue weighted by atomic mass is 10.0. The van der Waals surface area contributed by atoms with Gasteiger partial charge in [-0.05, 0) is 49.6 Å². The molecule has 0 amide bonds. The quantitative estimate of drug-likeness (QED) is 0.671. The molecule has 2 rings (SSSR count). The summed E-state index contributed by atoms with van der Waals surface area (Å²) in [6.07, 6.45) is 0. The fourth-order valence-electron chi connectivity index (χ4n) is 1.79. The first-order chi connectivity index (χ1) is 7.59. The van der Waals surface area contributed by atoms with Crippen LogP contribution in [-0.2, 0) is 0 Å². The van der Waals surface area contributed by atoms with E-state index in [1.54, 1.807) is 0 Å². The molecule has 1 unspecified atom stereocenters. The molecule has 16 heavy (non-hydrogen) atoms. The fourth-order valence-corrected chi connectivity index (χ4v) is 3.59. The van der Waals surface area contributed by atoms with Crippen LogP contribution in [0.25, 0.3) is 0 Å². The lowest BCUT2D eigenvalue weighted by molar-refractivity contribution is 1.15. The van der Waals surface area contributed by atoms with Crippen LogP contribution in [0.3, 0.4) is 0 Å². The van der Waals surface area contributed by atoms with Gasteiger partial charge in [-0.1, -0.05) is 34.1 Å². The highest BCUT2D eigenvalue weighted by Gasteiger charge is 2.14. The van der Waals surface area contributed by atoms with Crippen LogP contribution in [0.4, 0.5) is 0 Å². The first-order valence-corrected chi connectivity index (χ1v) is 7.09.